The Balaban J connectivity index is 3.14. The molecule has 0 aromatic heterocycles. The van der Waals surface area contributed by atoms with Crippen LogP contribution in [-0.4, -0.2) is 0 Å². The van der Waals surface area contributed by atoms with E-state index in [0.29, 0.717) is 5.92 Å². The summed E-state index contributed by atoms with van der Waals surface area (Å²) in [5.74, 6) is 3.37. The second-order valence-corrected chi connectivity index (χ2v) is 3.15. The minimum atomic E-state index is 0.499. The molecule has 0 unspecified atom stereocenters. The van der Waals surface area contributed by atoms with Crippen molar-refractivity contribution in [3.05, 3.63) is 35.4 Å². The molecule has 0 heterocycles. The van der Waals surface area contributed by atoms with Crippen LogP contribution in [0.1, 0.15) is 30.9 Å². The van der Waals surface area contributed by atoms with Gasteiger partial charge in [0.2, 0.25) is 0 Å². The molecule has 0 aliphatic heterocycles. The fourth-order valence-electron chi connectivity index (χ4n) is 1.17. The zero-order chi connectivity index (χ0) is 8.97. The van der Waals surface area contributed by atoms with Gasteiger partial charge in [0, 0.05) is 10.9 Å². The SMILES string of the molecule is CC(C)c1ccccc1C#CCl. The Bertz CT molecular complexity index is 315. The van der Waals surface area contributed by atoms with Crippen molar-refractivity contribution in [3.63, 3.8) is 0 Å². The number of benzene rings is 1. The minimum Gasteiger partial charge on any atom is -0.0619 e. The Morgan fingerprint density at radius 1 is 1.25 bits per heavy atom. The van der Waals surface area contributed by atoms with Gasteiger partial charge >= 0.3 is 0 Å². The van der Waals surface area contributed by atoms with Crippen molar-refractivity contribution >= 4 is 11.6 Å². The molecule has 1 aromatic carbocycles. The molecule has 0 saturated heterocycles. The van der Waals surface area contributed by atoms with Crippen molar-refractivity contribution < 1.29 is 0 Å². The standard InChI is InChI=1S/C11H11Cl/c1-9(2)11-6-4-3-5-10(11)7-8-12/h3-6,9H,1-2H3. The summed E-state index contributed by atoms with van der Waals surface area (Å²) >= 11 is 5.35. The highest BCUT2D eigenvalue weighted by atomic mass is 35.5. The molecule has 0 aliphatic carbocycles. The Labute approximate surface area is 78.6 Å². The summed E-state index contributed by atoms with van der Waals surface area (Å²) < 4.78 is 0. The minimum absolute atomic E-state index is 0.499. The predicted molar refractivity (Wildman–Crippen MR) is 53.3 cm³/mol. The molecule has 0 nitrogen and oxygen atoms in total. The lowest BCUT2D eigenvalue weighted by atomic mass is 9.98. The summed E-state index contributed by atoms with van der Waals surface area (Å²) in [5.41, 5.74) is 2.29. The van der Waals surface area contributed by atoms with Crippen LogP contribution in [0.3, 0.4) is 0 Å². The van der Waals surface area contributed by atoms with Crippen molar-refractivity contribution in [1.29, 1.82) is 0 Å². The van der Waals surface area contributed by atoms with Crippen LogP contribution in [0, 0.1) is 11.3 Å². The van der Waals surface area contributed by atoms with Crippen LogP contribution in [0.4, 0.5) is 0 Å². The third-order valence-corrected chi connectivity index (χ3v) is 1.86. The fourth-order valence-corrected chi connectivity index (χ4v) is 1.27. The maximum absolute atomic E-state index is 5.35. The monoisotopic (exact) mass is 178 g/mol. The van der Waals surface area contributed by atoms with Gasteiger partial charge in [0.05, 0.1) is 0 Å². The van der Waals surface area contributed by atoms with Crippen LogP contribution in [0.15, 0.2) is 24.3 Å². The molecule has 0 bridgehead atoms. The molecular formula is C11H11Cl. The van der Waals surface area contributed by atoms with E-state index in [1.807, 2.05) is 18.2 Å². The molecular weight excluding hydrogens is 168 g/mol. The maximum atomic E-state index is 5.35. The van der Waals surface area contributed by atoms with Gasteiger partial charge in [0.15, 0.2) is 0 Å². The lowest BCUT2D eigenvalue weighted by molar-refractivity contribution is 0.863. The molecule has 1 rings (SSSR count). The third kappa shape index (κ3) is 2.03. The van der Waals surface area contributed by atoms with Gasteiger partial charge in [-0.05, 0) is 35.1 Å². The Kier molecular flexibility index (Phi) is 3.19. The van der Waals surface area contributed by atoms with E-state index in [4.69, 9.17) is 11.6 Å². The lowest BCUT2D eigenvalue weighted by Gasteiger charge is -2.06. The van der Waals surface area contributed by atoms with E-state index >= 15 is 0 Å². The topological polar surface area (TPSA) is 0 Å². The molecule has 12 heavy (non-hydrogen) atoms. The second-order valence-electron chi connectivity index (χ2n) is 2.96. The maximum Gasteiger partial charge on any atom is 0.0292 e. The number of rotatable bonds is 1. The first-order valence-electron chi connectivity index (χ1n) is 3.96. The molecule has 0 atom stereocenters. The van der Waals surface area contributed by atoms with Gasteiger partial charge in [0.1, 0.15) is 0 Å². The molecule has 0 N–H and O–H groups in total. The average molecular weight is 179 g/mol. The molecule has 0 amide bonds. The molecule has 0 saturated carbocycles. The molecule has 0 radical (unpaired) electrons. The molecule has 0 aliphatic rings. The van der Waals surface area contributed by atoms with Gasteiger partial charge in [-0.15, -0.1) is 0 Å². The quantitative estimate of drug-likeness (QED) is 0.579. The fraction of sp³-hybridized carbons (Fsp3) is 0.273. The van der Waals surface area contributed by atoms with Crippen LogP contribution in [0.5, 0.6) is 0 Å². The van der Waals surface area contributed by atoms with Gasteiger partial charge in [0.25, 0.3) is 0 Å². The zero-order valence-corrected chi connectivity index (χ0v) is 8.02. The van der Waals surface area contributed by atoms with Crippen LogP contribution in [0.25, 0.3) is 0 Å². The lowest BCUT2D eigenvalue weighted by Crippen LogP contribution is -1.91. The summed E-state index contributed by atoms with van der Waals surface area (Å²) in [6, 6.07) is 8.07. The van der Waals surface area contributed by atoms with Crippen LogP contribution in [0.2, 0.25) is 0 Å². The van der Waals surface area contributed by atoms with E-state index in [-0.39, 0.29) is 0 Å². The summed E-state index contributed by atoms with van der Waals surface area (Å²) in [6.45, 7) is 4.30. The summed E-state index contributed by atoms with van der Waals surface area (Å²) in [5, 5.41) is 2.40. The van der Waals surface area contributed by atoms with Crippen LogP contribution >= 0.6 is 11.6 Å². The van der Waals surface area contributed by atoms with E-state index in [2.05, 4.69) is 31.2 Å². The van der Waals surface area contributed by atoms with Crippen molar-refractivity contribution in [2.75, 3.05) is 0 Å². The van der Waals surface area contributed by atoms with E-state index in [9.17, 15) is 0 Å². The first-order valence-corrected chi connectivity index (χ1v) is 4.34. The number of halogens is 1. The highest BCUT2D eigenvalue weighted by Crippen LogP contribution is 2.17. The highest BCUT2D eigenvalue weighted by molar-refractivity contribution is 6.30. The molecule has 0 spiro atoms. The zero-order valence-electron chi connectivity index (χ0n) is 7.26. The summed E-state index contributed by atoms with van der Waals surface area (Å²) in [4.78, 5) is 0. The van der Waals surface area contributed by atoms with E-state index in [1.54, 1.807) is 0 Å². The molecule has 62 valence electrons. The van der Waals surface area contributed by atoms with Gasteiger partial charge in [-0.1, -0.05) is 32.0 Å². The van der Waals surface area contributed by atoms with Gasteiger partial charge < -0.3 is 0 Å². The number of hydrogen-bond acceptors (Lipinski definition) is 0. The smallest absolute Gasteiger partial charge is 0.0292 e. The third-order valence-electron chi connectivity index (χ3n) is 1.76. The second kappa shape index (κ2) is 4.18. The Morgan fingerprint density at radius 3 is 2.50 bits per heavy atom. The van der Waals surface area contributed by atoms with Gasteiger partial charge in [-0.3, -0.25) is 0 Å². The molecule has 1 aromatic rings. The number of hydrogen-bond donors (Lipinski definition) is 0. The van der Waals surface area contributed by atoms with E-state index < -0.39 is 0 Å². The van der Waals surface area contributed by atoms with E-state index in [1.165, 1.54) is 5.56 Å². The first kappa shape index (κ1) is 9.16. The summed E-state index contributed by atoms with van der Waals surface area (Å²) in [7, 11) is 0. The normalized spacial score (nSPS) is 9.33. The highest BCUT2D eigenvalue weighted by Gasteiger charge is 2.02. The Hall–Kier alpha value is -0.930. The van der Waals surface area contributed by atoms with Gasteiger partial charge in [-0.25, -0.2) is 0 Å². The van der Waals surface area contributed by atoms with E-state index in [0.717, 1.165) is 5.56 Å². The van der Waals surface area contributed by atoms with Crippen molar-refractivity contribution in [2.45, 2.75) is 19.8 Å². The van der Waals surface area contributed by atoms with Gasteiger partial charge in [-0.2, -0.15) is 0 Å². The van der Waals surface area contributed by atoms with Crippen LogP contribution < -0.4 is 0 Å². The average Bonchev–Trinajstić information content (AvgIpc) is 2.05. The van der Waals surface area contributed by atoms with Crippen molar-refractivity contribution in [2.24, 2.45) is 0 Å². The summed E-state index contributed by atoms with van der Waals surface area (Å²) in [6.07, 6.45) is 0. The molecule has 1 heteroatoms. The molecule has 0 fully saturated rings. The first-order chi connectivity index (χ1) is 5.75. The van der Waals surface area contributed by atoms with Crippen LogP contribution in [-0.2, 0) is 0 Å². The van der Waals surface area contributed by atoms with Crippen molar-refractivity contribution in [1.82, 2.24) is 0 Å². The predicted octanol–water partition coefficient (Wildman–Crippen LogP) is 3.36. The van der Waals surface area contributed by atoms with Crippen molar-refractivity contribution in [3.8, 4) is 11.3 Å². The largest absolute Gasteiger partial charge is 0.0619 e. The Morgan fingerprint density at radius 2 is 1.92 bits per heavy atom.